The molecule has 16 heavy (non-hydrogen) atoms. The first kappa shape index (κ1) is 13.0. The maximum Gasteiger partial charge on any atom is 0.362 e. The summed E-state index contributed by atoms with van der Waals surface area (Å²) >= 11 is 5.61. The predicted molar refractivity (Wildman–Crippen MR) is 55.5 cm³/mol. The number of aromatic nitrogens is 1. The molecule has 0 saturated carbocycles. The van der Waals surface area contributed by atoms with Gasteiger partial charge in [0.15, 0.2) is 0 Å². The quantitative estimate of drug-likeness (QED) is 0.651. The zero-order valence-corrected chi connectivity index (χ0v) is 9.46. The Hall–Kier alpha value is -1.08. The monoisotopic (exact) mass is 269 g/mol. The Bertz CT molecular complexity index is 483. The van der Waals surface area contributed by atoms with Gasteiger partial charge in [-0.05, 0) is 23.9 Å². The van der Waals surface area contributed by atoms with Gasteiger partial charge in [0.25, 0.3) is 5.56 Å². The Morgan fingerprint density at radius 3 is 2.56 bits per heavy atom. The lowest BCUT2D eigenvalue weighted by atomic mass is 10.2. The number of aromatic carboxylic acids is 1. The SMILES string of the molecule is CSc1cc(C(F)(F)Cl)[nH]c(=O)c1C(=O)O. The predicted octanol–water partition coefficient (Wildman–Crippen LogP) is 2.08. The molecule has 0 bridgehead atoms. The van der Waals surface area contributed by atoms with Crippen LogP contribution in [-0.4, -0.2) is 22.3 Å². The van der Waals surface area contributed by atoms with Crippen LogP contribution in [0.4, 0.5) is 8.78 Å². The molecule has 0 spiro atoms. The van der Waals surface area contributed by atoms with Crippen LogP contribution in [0.5, 0.6) is 0 Å². The summed E-state index contributed by atoms with van der Waals surface area (Å²) in [5.74, 6) is -1.48. The second-order valence-electron chi connectivity index (χ2n) is 2.76. The van der Waals surface area contributed by atoms with Crippen LogP contribution in [0.25, 0.3) is 0 Å². The summed E-state index contributed by atoms with van der Waals surface area (Å²) in [7, 11) is 0. The number of hydrogen-bond donors (Lipinski definition) is 2. The first-order valence-corrected chi connectivity index (χ1v) is 5.49. The Morgan fingerprint density at radius 2 is 2.19 bits per heavy atom. The largest absolute Gasteiger partial charge is 0.477 e. The number of carbonyl (C=O) groups is 1. The van der Waals surface area contributed by atoms with Crippen LogP contribution < -0.4 is 5.56 Å². The first-order chi connectivity index (χ1) is 7.27. The molecule has 0 saturated heterocycles. The van der Waals surface area contributed by atoms with Gasteiger partial charge in [-0.1, -0.05) is 0 Å². The van der Waals surface area contributed by atoms with Crippen molar-refractivity contribution in [1.82, 2.24) is 4.98 Å². The zero-order chi connectivity index (χ0) is 12.5. The maximum atomic E-state index is 12.7. The van der Waals surface area contributed by atoms with Crippen LogP contribution in [0.15, 0.2) is 15.8 Å². The number of carboxylic acids is 1. The Labute approximate surface area is 97.6 Å². The van der Waals surface area contributed by atoms with Crippen LogP contribution >= 0.6 is 23.4 Å². The van der Waals surface area contributed by atoms with Gasteiger partial charge in [0.1, 0.15) is 11.3 Å². The van der Waals surface area contributed by atoms with Gasteiger partial charge in [-0.15, -0.1) is 11.8 Å². The molecule has 0 fully saturated rings. The van der Waals surface area contributed by atoms with E-state index in [1.165, 1.54) is 6.26 Å². The summed E-state index contributed by atoms with van der Waals surface area (Å²) in [6.07, 6.45) is 1.47. The normalized spacial score (nSPS) is 11.5. The minimum Gasteiger partial charge on any atom is -0.477 e. The van der Waals surface area contributed by atoms with E-state index in [0.29, 0.717) is 0 Å². The van der Waals surface area contributed by atoms with Gasteiger partial charge in [0, 0.05) is 4.90 Å². The molecule has 0 unspecified atom stereocenters. The number of nitrogens with one attached hydrogen (secondary N) is 1. The van der Waals surface area contributed by atoms with Crippen LogP contribution in [0.2, 0.25) is 0 Å². The molecule has 4 nitrogen and oxygen atoms in total. The summed E-state index contributed by atoms with van der Waals surface area (Å²) in [4.78, 5) is 23.7. The molecule has 0 atom stereocenters. The summed E-state index contributed by atoms with van der Waals surface area (Å²) in [5, 5.41) is 4.98. The van der Waals surface area contributed by atoms with Gasteiger partial charge in [-0.3, -0.25) is 4.79 Å². The number of rotatable bonds is 3. The van der Waals surface area contributed by atoms with Gasteiger partial charge in [0.05, 0.1) is 0 Å². The van der Waals surface area contributed by atoms with E-state index in [9.17, 15) is 18.4 Å². The average Bonchev–Trinajstić information content (AvgIpc) is 2.14. The van der Waals surface area contributed by atoms with Crippen LogP contribution in [0, 0.1) is 0 Å². The standard InChI is InChI=1S/C8H6ClF2NO3S/c1-16-3-2-4(8(9,10)11)12-6(13)5(3)7(14)15/h2H,1H3,(H,12,13)(H,14,15). The summed E-state index contributed by atoms with van der Waals surface area (Å²) in [5.41, 5.74) is -2.50. The molecule has 1 rings (SSSR count). The van der Waals surface area contributed by atoms with E-state index >= 15 is 0 Å². The molecule has 8 heteroatoms. The molecule has 1 heterocycles. The number of H-pyrrole nitrogens is 1. The van der Waals surface area contributed by atoms with Crippen molar-refractivity contribution in [2.75, 3.05) is 6.26 Å². The molecule has 0 aromatic carbocycles. The maximum absolute atomic E-state index is 12.7. The fourth-order valence-corrected chi connectivity index (χ4v) is 1.77. The lowest BCUT2D eigenvalue weighted by molar-refractivity contribution is 0.0686. The van der Waals surface area contributed by atoms with E-state index in [0.717, 1.165) is 17.8 Å². The van der Waals surface area contributed by atoms with E-state index in [2.05, 4.69) is 0 Å². The number of aromatic amines is 1. The zero-order valence-electron chi connectivity index (χ0n) is 7.88. The smallest absolute Gasteiger partial charge is 0.362 e. The van der Waals surface area contributed by atoms with Crippen molar-refractivity contribution < 1.29 is 18.7 Å². The lowest BCUT2D eigenvalue weighted by Gasteiger charge is -2.10. The Kier molecular flexibility index (Phi) is 3.59. The minimum atomic E-state index is -3.74. The molecule has 0 aliphatic heterocycles. The van der Waals surface area contributed by atoms with E-state index in [-0.39, 0.29) is 4.90 Å². The topological polar surface area (TPSA) is 70.2 Å². The molecule has 1 aromatic rings. The average molecular weight is 270 g/mol. The third kappa shape index (κ3) is 2.53. The number of carboxylic acid groups (broad SMARTS) is 1. The van der Waals surface area contributed by atoms with Crippen LogP contribution in [0.3, 0.4) is 0 Å². The van der Waals surface area contributed by atoms with Gasteiger partial charge >= 0.3 is 11.4 Å². The Morgan fingerprint density at radius 1 is 1.62 bits per heavy atom. The number of halogens is 3. The van der Waals surface area contributed by atoms with Crippen molar-refractivity contribution in [3.8, 4) is 0 Å². The van der Waals surface area contributed by atoms with Gasteiger partial charge in [-0.2, -0.15) is 8.78 Å². The van der Waals surface area contributed by atoms with E-state index in [4.69, 9.17) is 16.7 Å². The summed E-state index contributed by atoms with van der Waals surface area (Å²) < 4.78 is 25.4. The third-order valence-corrected chi connectivity index (χ3v) is 2.70. The lowest BCUT2D eigenvalue weighted by Crippen LogP contribution is -2.23. The second-order valence-corrected chi connectivity index (χ2v) is 4.08. The van der Waals surface area contributed by atoms with Crippen molar-refractivity contribution in [3.63, 3.8) is 0 Å². The van der Waals surface area contributed by atoms with Crippen molar-refractivity contribution >= 4 is 29.3 Å². The highest BCUT2D eigenvalue weighted by Gasteiger charge is 2.31. The summed E-state index contributed by atoms with van der Waals surface area (Å²) in [6, 6.07) is 0.850. The molecule has 2 N–H and O–H groups in total. The number of thioether (sulfide) groups is 1. The van der Waals surface area contributed by atoms with Crippen molar-refractivity contribution in [1.29, 1.82) is 0 Å². The molecule has 0 amide bonds. The minimum absolute atomic E-state index is 0.0634. The van der Waals surface area contributed by atoms with E-state index < -0.39 is 28.2 Å². The van der Waals surface area contributed by atoms with Gasteiger partial charge in [-0.25, -0.2) is 4.79 Å². The first-order valence-electron chi connectivity index (χ1n) is 3.89. The van der Waals surface area contributed by atoms with Gasteiger partial charge < -0.3 is 10.1 Å². The van der Waals surface area contributed by atoms with Crippen molar-refractivity contribution in [2.24, 2.45) is 0 Å². The highest BCUT2D eigenvalue weighted by atomic mass is 35.5. The second kappa shape index (κ2) is 4.42. The molecular formula is C8H6ClF2NO3S. The number of hydrogen-bond acceptors (Lipinski definition) is 3. The molecule has 88 valence electrons. The Balaban J connectivity index is 3.51. The highest BCUT2D eigenvalue weighted by molar-refractivity contribution is 7.98. The number of alkyl halides is 3. The van der Waals surface area contributed by atoms with Crippen molar-refractivity contribution in [3.05, 3.63) is 27.7 Å². The van der Waals surface area contributed by atoms with Crippen LogP contribution in [0.1, 0.15) is 16.1 Å². The van der Waals surface area contributed by atoms with Crippen LogP contribution in [-0.2, 0) is 5.38 Å². The van der Waals surface area contributed by atoms with E-state index in [1.54, 1.807) is 4.98 Å². The van der Waals surface area contributed by atoms with E-state index in [1.807, 2.05) is 0 Å². The fraction of sp³-hybridized carbons (Fsp3) is 0.250. The van der Waals surface area contributed by atoms with Crippen molar-refractivity contribution in [2.45, 2.75) is 10.3 Å². The molecule has 1 aromatic heterocycles. The number of pyridine rings is 1. The highest BCUT2D eigenvalue weighted by Crippen LogP contribution is 2.32. The molecule has 0 radical (unpaired) electrons. The van der Waals surface area contributed by atoms with Gasteiger partial charge in [0.2, 0.25) is 0 Å². The molecule has 0 aliphatic carbocycles. The molecular weight excluding hydrogens is 264 g/mol. The summed E-state index contributed by atoms with van der Waals surface area (Å²) in [6.45, 7) is 0. The molecule has 0 aliphatic rings. The third-order valence-electron chi connectivity index (χ3n) is 1.74. The fourth-order valence-electron chi connectivity index (χ4n) is 1.05.